The van der Waals surface area contributed by atoms with Crippen LogP contribution in [0.1, 0.15) is 36.9 Å². The molecule has 2 aromatic rings. The Morgan fingerprint density at radius 3 is 2.02 bits per heavy atom. The lowest BCUT2D eigenvalue weighted by molar-refractivity contribution is -0.143. The van der Waals surface area contributed by atoms with Gasteiger partial charge in [0.05, 0.1) is 12.4 Å². The lowest BCUT2D eigenvalue weighted by Crippen LogP contribution is -2.58. The number of H-pyrrole nitrogens is 1. The lowest BCUT2D eigenvalue weighted by atomic mass is 10.0. The summed E-state index contributed by atoms with van der Waals surface area (Å²) in [4.78, 5) is 79.6. The Labute approximate surface area is 229 Å². The van der Waals surface area contributed by atoms with Gasteiger partial charge in [0, 0.05) is 37.6 Å². The van der Waals surface area contributed by atoms with Gasteiger partial charge < -0.3 is 42.6 Å². The predicted molar refractivity (Wildman–Crippen MR) is 139 cm³/mol. The van der Waals surface area contributed by atoms with E-state index in [2.05, 4.69) is 25.9 Å². The molecule has 216 valence electrons. The number of hydrogen-bond acceptors (Lipinski definition) is 8. The molecule has 10 N–H and O–H groups in total. The second-order valence-corrected chi connectivity index (χ2v) is 9.04. The highest BCUT2D eigenvalue weighted by atomic mass is 16.4. The zero-order chi connectivity index (χ0) is 29.7. The van der Waals surface area contributed by atoms with Crippen molar-refractivity contribution in [1.29, 1.82) is 0 Å². The van der Waals surface area contributed by atoms with Crippen molar-refractivity contribution in [3.63, 3.8) is 0 Å². The first kappa shape index (κ1) is 31.4. The molecule has 0 aliphatic rings. The molecule has 4 amide bonds. The van der Waals surface area contributed by atoms with Gasteiger partial charge in [0.2, 0.25) is 23.6 Å². The number of aliphatic carboxylic acids is 2. The number of primary amides is 1. The van der Waals surface area contributed by atoms with Crippen molar-refractivity contribution in [3.05, 3.63) is 54.1 Å². The van der Waals surface area contributed by atoms with Gasteiger partial charge in [-0.1, -0.05) is 30.3 Å². The van der Waals surface area contributed by atoms with Crippen LogP contribution < -0.4 is 27.4 Å². The van der Waals surface area contributed by atoms with Crippen molar-refractivity contribution >= 4 is 35.6 Å². The molecule has 0 fully saturated rings. The average molecular weight is 560 g/mol. The molecule has 0 saturated carbocycles. The summed E-state index contributed by atoms with van der Waals surface area (Å²) in [7, 11) is 0. The van der Waals surface area contributed by atoms with E-state index in [1.165, 1.54) is 12.5 Å². The summed E-state index contributed by atoms with van der Waals surface area (Å²) in [6, 6.07) is 3.29. The van der Waals surface area contributed by atoms with Crippen molar-refractivity contribution in [2.75, 3.05) is 0 Å². The van der Waals surface area contributed by atoms with Crippen molar-refractivity contribution < 1.29 is 39.0 Å². The molecule has 4 unspecified atom stereocenters. The average Bonchev–Trinajstić information content (AvgIpc) is 3.42. The van der Waals surface area contributed by atoms with E-state index in [1.807, 2.05) is 0 Å². The molecule has 1 heterocycles. The number of nitrogens with one attached hydrogen (secondary N) is 4. The minimum atomic E-state index is -1.44. The van der Waals surface area contributed by atoms with Gasteiger partial charge in [-0.05, 0) is 18.4 Å². The van der Waals surface area contributed by atoms with Crippen LogP contribution in [-0.2, 0) is 41.6 Å². The third-order valence-electron chi connectivity index (χ3n) is 5.83. The number of carbonyl (C=O) groups excluding carboxylic acids is 4. The number of nitrogens with two attached hydrogens (primary N) is 2. The first-order valence-electron chi connectivity index (χ1n) is 12.4. The molecule has 0 aliphatic heterocycles. The molecule has 0 saturated heterocycles. The molecule has 1 aromatic heterocycles. The summed E-state index contributed by atoms with van der Waals surface area (Å²) in [6.45, 7) is 0. The maximum atomic E-state index is 13.2. The Balaban J connectivity index is 2.19. The Morgan fingerprint density at radius 1 is 0.825 bits per heavy atom. The Kier molecular flexibility index (Phi) is 12.2. The second-order valence-electron chi connectivity index (χ2n) is 9.04. The van der Waals surface area contributed by atoms with E-state index in [1.54, 1.807) is 30.3 Å². The SMILES string of the molecule is NC(=O)CCC(N)C(=O)NC(Cc1cnc[nH]1)C(=O)NC(CCC(=O)O)C(=O)NC(Cc1ccccc1)C(=O)O. The van der Waals surface area contributed by atoms with Crippen molar-refractivity contribution in [1.82, 2.24) is 25.9 Å². The minimum absolute atomic E-state index is 0.0524. The van der Waals surface area contributed by atoms with Gasteiger partial charge in [0.15, 0.2) is 0 Å². The summed E-state index contributed by atoms with van der Waals surface area (Å²) in [6.07, 6.45) is 1.53. The number of rotatable bonds is 17. The molecular formula is C25H33N7O8. The maximum absolute atomic E-state index is 13.2. The number of amides is 4. The maximum Gasteiger partial charge on any atom is 0.326 e. The van der Waals surface area contributed by atoms with E-state index in [0.717, 1.165) is 0 Å². The Morgan fingerprint density at radius 2 is 1.45 bits per heavy atom. The van der Waals surface area contributed by atoms with E-state index >= 15 is 0 Å². The Hall–Kier alpha value is -4.79. The summed E-state index contributed by atoms with van der Waals surface area (Å²) in [5.41, 5.74) is 12.0. The number of nitrogens with zero attached hydrogens (tertiary/aromatic N) is 1. The standard InChI is InChI=1S/C25H33N7O8/c26-16(6-8-20(27)33)22(36)31-18(11-15-12-28-13-29-15)24(38)30-17(7-9-21(34)35)23(37)32-19(25(39)40)10-14-4-2-1-3-5-14/h1-5,12-13,16-19H,6-11,26H2,(H2,27,33)(H,28,29)(H,30,38)(H,31,36)(H,32,37)(H,34,35)(H,39,40). The molecule has 15 nitrogen and oxygen atoms in total. The van der Waals surface area contributed by atoms with Crippen LogP contribution in [0.3, 0.4) is 0 Å². The fourth-order valence-corrected chi connectivity index (χ4v) is 3.66. The third-order valence-corrected chi connectivity index (χ3v) is 5.83. The van der Waals surface area contributed by atoms with Crippen LogP contribution in [0, 0.1) is 0 Å². The summed E-state index contributed by atoms with van der Waals surface area (Å²) >= 11 is 0. The van der Waals surface area contributed by atoms with Gasteiger partial charge in [-0.25, -0.2) is 9.78 Å². The summed E-state index contributed by atoms with van der Waals surface area (Å²) < 4.78 is 0. The van der Waals surface area contributed by atoms with E-state index in [4.69, 9.17) is 16.6 Å². The number of imidazole rings is 1. The highest BCUT2D eigenvalue weighted by molar-refractivity contribution is 5.94. The van der Waals surface area contributed by atoms with Crippen LogP contribution in [-0.4, -0.2) is 79.9 Å². The first-order chi connectivity index (χ1) is 19.0. The number of carboxylic acids is 2. The van der Waals surface area contributed by atoms with Gasteiger partial charge in [-0.3, -0.25) is 24.0 Å². The molecular weight excluding hydrogens is 526 g/mol. The van der Waals surface area contributed by atoms with Crippen LogP contribution in [0.2, 0.25) is 0 Å². The molecule has 2 rings (SSSR count). The number of carboxylic acid groups (broad SMARTS) is 2. The highest BCUT2D eigenvalue weighted by Gasteiger charge is 2.31. The predicted octanol–water partition coefficient (Wildman–Crippen LogP) is -1.81. The fourth-order valence-electron chi connectivity index (χ4n) is 3.66. The quantitative estimate of drug-likeness (QED) is 0.108. The zero-order valence-electron chi connectivity index (χ0n) is 21.5. The van der Waals surface area contributed by atoms with Crippen molar-refractivity contribution in [2.45, 2.75) is 62.7 Å². The van der Waals surface area contributed by atoms with Gasteiger partial charge >= 0.3 is 11.9 Å². The van der Waals surface area contributed by atoms with Crippen LogP contribution in [0.4, 0.5) is 0 Å². The first-order valence-corrected chi connectivity index (χ1v) is 12.4. The molecule has 15 heteroatoms. The zero-order valence-corrected chi connectivity index (χ0v) is 21.5. The molecule has 0 radical (unpaired) electrons. The number of hydrogen-bond donors (Lipinski definition) is 8. The topological polar surface area (TPSA) is 260 Å². The van der Waals surface area contributed by atoms with Crippen LogP contribution in [0.15, 0.2) is 42.9 Å². The van der Waals surface area contributed by atoms with E-state index in [-0.39, 0.29) is 32.1 Å². The molecule has 0 aliphatic carbocycles. The van der Waals surface area contributed by atoms with Crippen molar-refractivity contribution in [2.24, 2.45) is 11.5 Å². The monoisotopic (exact) mass is 559 g/mol. The van der Waals surface area contributed by atoms with Crippen LogP contribution in [0.25, 0.3) is 0 Å². The molecule has 0 spiro atoms. The summed E-state index contributed by atoms with van der Waals surface area (Å²) in [5, 5.41) is 26.0. The Bertz CT molecular complexity index is 1170. The lowest BCUT2D eigenvalue weighted by Gasteiger charge is -2.25. The largest absolute Gasteiger partial charge is 0.481 e. The number of carbonyl (C=O) groups is 6. The normalized spacial score (nSPS) is 13.7. The third kappa shape index (κ3) is 10.9. The van der Waals surface area contributed by atoms with E-state index in [9.17, 15) is 33.9 Å². The molecule has 0 bridgehead atoms. The molecule has 1 aromatic carbocycles. The van der Waals surface area contributed by atoms with Gasteiger partial charge in [0.25, 0.3) is 0 Å². The molecule has 4 atom stereocenters. The van der Waals surface area contributed by atoms with Crippen molar-refractivity contribution in [3.8, 4) is 0 Å². The summed E-state index contributed by atoms with van der Waals surface area (Å²) in [5.74, 6) is -5.76. The van der Waals surface area contributed by atoms with Crippen LogP contribution >= 0.6 is 0 Å². The van der Waals surface area contributed by atoms with E-state index in [0.29, 0.717) is 11.3 Å². The number of aromatic nitrogens is 2. The van der Waals surface area contributed by atoms with Gasteiger partial charge in [-0.15, -0.1) is 0 Å². The van der Waals surface area contributed by atoms with Gasteiger partial charge in [0.1, 0.15) is 18.1 Å². The van der Waals surface area contributed by atoms with Crippen LogP contribution in [0.5, 0.6) is 0 Å². The fraction of sp³-hybridized carbons (Fsp3) is 0.400. The minimum Gasteiger partial charge on any atom is -0.481 e. The smallest absolute Gasteiger partial charge is 0.326 e. The van der Waals surface area contributed by atoms with E-state index < -0.39 is 66.2 Å². The van der Waals surface area contributed by atoms with Gasteiger partial charge in [-0.2, -0.15) is 0 Å². The number of aromatic amines is 1. The number of benzene rings is 1. The second kappa shape index (κ2) is 15.6. The molecule has 40 heavy (non-hydrogen) atoms. The highest BCUT2D eigenvalue weighted by Crippen LogP contribution is 2.07.